The molecular weight excluding hydrogens is 346 g/mol. The number of nitrogens with zero attached hydrogens (tertiary/aromatic N) is 5. The number of urea groups is 1. The summed E-state index contributed by atoms with van der Waals surface area (Å²) < 4.78 is 4.75. The summed E-state index contributed by atoms with van der Waals surface area (Å²) in [5.41, 5.74) is 0. The molecule has 3 heterocycles. The topological polar surface area (TPSA) is 69.2 Å². The molecule has 0 radical (unpaired) electrons. The Balaban J connectivity index is 1.60. The van der Waals surface area contributed by atoms with E-state index in [1.807, 2.05) is 23.1 Å². The van der Waals surface area contributed by atoms with Gasteiger partial charge in [0.15, 0.2) is 0 Å². The van der Waals surface area contributed by atoms with Crippen molar-refractivity contribution in [2.45, 2.75) is 25.7 Å². The number of ether oxygens (including phenoxy) is 1. The predicted molar refractivity (Wildman–Crippen MR) is 102 cm³/mol. The molecule has 0 spiro atoms. The molecule has 2 amide bonds. The summed E-state index contributed by atoms with van der Waals surface area (Å²) >= 11 is 0. The van der Waals surface area contributed by atoms with E-state index in [0.717, 1.165) is 44.8 Å². The number of anilines is 1. The molecule has 0 atom stereocenters. The number of hydrogen-bond donors (Lipinski definition) is 0. The van der Waals surface area contributed by atoms with Gasteiger partial charge in [-0.2, -0.15) is 0 Å². The summed E-state index contributed by atoms with van der Waals surface area (Å²) in [6.07, 6.45) is 5.35. The van der Waals surface area contributed by atoms with E-state index in [9.17, 15) is 9.59 Å². The molecule has 27 heavy (non-hydrogen) atoms. The number of piperidine rings is 1. The van der Waals surface area contributed by atoms with Crippen LogP contribution in [0.2, 0.25) is 0 Å². The maximum atomic E-state index is 13.2. The Kier molecular flexibility index (Phi) is 6.86. The number of amides is 2. The van der Waals surface area contributed by atoms with Gasteiger partial charge in [-0.3, -0.25) is 9.80 Å². The summed E-state index contributed by atoms with van der Waals surface area (Å²) in [5, 5.41) is 3.85. The number of rotatable bonds is 5. The van der Waals surface area contributed by atoms with E-state index in [1.165, 1.54) is 13.5 Å². The minimum atomic E-state index is -0.287. The average molecular weight is 375 g/mol. The first-order chi connectivity index (χ1) is 13.2. The summed E-state index contributed by atoms with van der Waals surface area (Å²) in [7, 11) is 1.38. The van der Waals surface area contributed by atoms with Gasteiger partial charge in [-0.15, -0.1) is 0 Å². The zero-order valence-electron chi connectivity index (χ0n) is 16.0. The van der Waals surface area contributed by atoms with Crippen molar-refractivity contribution in [3.8, 4) is 0 Å². The lowest BCUT2D eigenvalue weighted by Crippen LogP contribution is -2.58. The van der Waals surface area contributed by atoms with Crippen molar-refractivity contribution >= 4 is 17.8 Å². The third kappa shape index (κ3) is 5.09. The van der Waals surface area contributed by atoms with Gasteiger partial charge in [0.25, 0.3) is 0 Å². The number of pyridine rings is 1. The van der Waals surface area contributed by atoms with Crippen LogP contribution in [0.1, 0.15) is 25.7 Å². The lowest BCUT2D eigenvalue weighted by atomic mass is 10.2. The quantitative estimate of drug-likeness (QED) is 0.728. The largest absolute Gasteiger partial charge is 0.469 e. The Morgan fingerprint density at radius 3 is 2.44 bits per heavy atom. The monoisotopic (exact) mass is 375 g/mol. The minimum Gasteiger partial charge on any atom is -0.469 e. The number of methoxy groups -OCH3 is 1. The number of piperazine rings is 1. The maximum absolute atomic E-state index is 13.2. The summed E-state index contributed by atoms with van der Waals surface area (Å²) in [6, 6.07) is 5.86. The molecule has 2 saturated heterocycles. The van der Waals surface area contributed by atoms with E-state index >= 15 is 0 Å². The molecular formula is C19H29N5O3. The molecule has 8 heteroatoms. The smallest absolute Gasteiger partial charge is 0.334 e. The van der Waals surface area contributed by atoms with Crippen LogP contribution in [-0.2, 0) is 9.53 Å². The van der Waals surface area contributed by atoms with E-state index in [2.05, 4.69) is 14.9 Å². The van der Waals surface area contributed by atoms with Crippen molar-refractivity contribution in [3.63, 3.8) is 0 Å². The molecule has 0 aliphatic carbocycles. The van der Waals surface area contributed by atoms with E-state index < -0.39 is 0 Å². The Morgan fingerprint density at radius 1 is 1.07 bits per heavy atom. The molecule has 0 bridgehead atoms. The molecule has 2 aliphatic rings. The molecule has 0 N–H and O–H groups in total. The van der Waals surface area contributed by atoms with Crippen LogP contribution in [0.25, 0.3) is 0 Å². The molecule has 3 rings (SSSR count). The van der Waals surface area contributed by atoms with E-state index in [0.29, 0.717) is 19.6 Å². The molecule has 2 fully saturated rings. The lowest BCUT2D eigenvalue weighted by molar-refractivity contribution is -0.141. The highest BCUT2D eigenvalue weighted by Crippen LogP contribution is 2.17. The molecule has 8 nitrogen and oxygen atoms in total. The lowest BCUT2D eigenvalue weighted by Gasteiger charge is -2.42. The number of aromatic nitrogens is 1. The predicted octanol–water partition coefficient (Wildman–Crippen LogP) is 1.59. The maximum Gasteiger partial charge on any atom is 0.334 e. The van der Waals surface area contributed by atoms with E-state index in [-0.39, 0.29) is 18.4 Å². The van der Waals surface area contributed by atoms with Gasteiger partial charge in [-0.25, -0.2) is 14.8 Å². The Morgan fingerprint density at radius 2 is 1.81 bits per heavy atom. The van der Waals surface area contributed by atoms with Crippen LogP contribution in [-0.4, -0.2) is 84.8 Å². The molecule has 1 aromatic rings. The fourth-order valence-electron chi connectivity index (χ4n) is 3.61. The highest BCUT2D eigenvalue weighted by Gasteiger charge is 2.30. The van der Waals surface area contributed by atoms with Crippen molar-refractivity contribution in [2.24, 2.45) is 0 Å². The zero-order chi connectivity index (χ0) is 19.1. The van der Waals surface area contributed by atoms with E-state index in [1.54, 1.807) is 11.2 Å². The van der Waals surface area contributed by atoms with Crippen molar-refractivity contribution in [3.05, 3.63) is 24.4 Å². The highest BCUT2D eigenvalue weighted by atomic mass is 16.5. The molecule has 1 aromatic heterocycles. The molecule has 2 aliphatic heterocycles. The van der Waals surface area contributed by atoms with Gasteiger partial charge in [0.05, 0.1) is 13.5 Å². The van der Waals surface area contributed by atoms with Crippen LogP contribution in [0.5, 0.6) is 0 Å². The van der Waals surface area contributed by atoms with E-state index in [4.69, 9.17) is 4.74 Å². The fourth-order valence-corrected chi connectivity index (χ4v) is 3.61. The van der Waals surface area contributed by atoms with Gasteiger partial charge >= 0.3 is 12.0 Å². The van der Waals surface area contributed by atoms with Gasteiger partial charge in [-0.05, 0) is 25.0 Å². The third-order valence-corrected chi connectivity index (χ3v) is 5.17. The Hall–Kier alpha value is -2.35. The van der Waals surface area contributed by atoms with Gasteiger partial charge < -0.3 is 14.5 Å². The average Bonchev–Trinajstić information content (AvgIpc) is 2.75. The summed E-state index contributed by atoms with van der Waals surface area (Å²) in [5.74, 6) is 0.660. The molecule has 0 saturated carbocycles. The number of hydrazine groups is 1. The first-order valence-corrected chi connectivity index (χ1v) is 9.73. The van der Waals surface area contributed by atoms with Crippen LogP contribution >= 0.6 is 0 Å². The zero-order valence-corrected chi connectivity index (χ0v) is 16.0. The fraction of sp³-hybridized carbons (Fsp3) is 0.632. The van der Waals surface area contributed by atoms with Crippen molar-refractivity contribution in [1.82, 2.24) is 19.9 Å². The van der Waals surface area contributed by atoms with Gasteiger partial charge in [0.2, 0.25) is 0 Å². The standard InChI is InChI=1S/C19H29N5O3/c1-27-18(25)8-12-24(23-10-5-2-6-11-23)19(26)22-15-13-21(14-16-22)17-7-3-4-9-20-17/h3-4,7,9H,2,5-6,8,10-16H2,1H3. The Bertz CT molecular complexity index is 613. The first-order valence-electron chi connectivity index (χ1n) is 9.73. The van der Waals surface area contributed by atoms with Crippen LogP contribution in [0.3, 0.4) is 0 Å². The first kappa shape index (κ1) is 19.4. The van der Waals surface area contributed by atoms with Crippen molar-refractivity contribution in [1.29, 1.82) is 0 Å². The second-order valence-corrected chi connectivity index (χ2v) is 6.91. The minimum absolute atomic E-state index is 0.0125. The Labute approximate surface area is 160 Å². The summed E-state index contributed by atoms with van der Waals surface area (Å²) in [6.45, 7) is 4.91. The SMILES string of the molecule is COC(=O)CCN(C(=O)N1CCN(c2ccccn2)CC1)N1CCCCC1. The number of esters is 1. The van der Waals surface area contributed by atoms with Gasteiger partial charge in [-0.1, -0.05) is 12.5 Å². The summed E-state index contributed by atoms with van der Waals surface area (Å²) in [4.78, 5) is 33.2. The second kappa shape index (κ2) is 9.55. The number of carbonyl (C=O) groups is 2. The molecule has 0 aromatic carbocycles. The van der Waals surface area contributed by atoms with Crippen LogP contribution in [0, 0.1) is 0 Å². The highest BCUT2D eigenvalue weighted by molar-refractivity contribution is 5.75. The van der Waals surface area contributed by atoms with Gasteiger partial charge in [0.1, 0.15) is 5.82 Å². The molecule has 0 unspecified atom stereocenters. The normalized spacial score (nSPS) is 18.3. The van der Waals surface area contributed by atoms with Gasteiger partial charge in [0, 0.05) is 52.0 Å². The van der Waals surface area contributed by atoms with Crippen molar-refractivity contribution in [2.75, 3.05) is 57.8 Å². The number of carbonyl (C=O) groups excluding carboxylic acids is 2. The second-order valence-electron chi connectivity index (χ2n) is 6.91. The number of hydrogen-bond acceptors (Lipinski definition) is 6. The van der Waals surface area contributed by atoms with Crippen LogP contribution in [0.15, 0.2) is 24.4 Å². The molecule has 148 valence electrons. The van der Waals surface area contributed by atoms with Crippen LogP contribution < -0.4 is 4.90 Å². The van der Waals surface area contributed by atoms with Crippen molar-refractivity contribution < 1.29 is 14.3 Å². The van der Waals surface area contributed by atoms with Crippen LogP contribution in [0.4, 0.5) is 10.6 Å². The third-order valence-electron chi connectivity index (χ3n) is 5.17.